The number of pyridine rings is 1. The summed E-state index contributed by atoms with van der Waals surface area (Å²) in [5.41, 5.74) is 2.37. The normalized spacial score (nSPS) is 10.6. The fourth-order valence-corrected chi connectivity index (χ4v) is 3.10. The lowest BCUT2D eigenvalue weighted by Crippen LogP contribution is -2.29. The minimum absolute atomic E-state index is 0.176. The van der Waals surface area contributed by atoms with Crippen molar-refractivity contribution in [2.75, 3.05) is 18.4 Å². The smallest absolute Gasteiger partial charge is 0.252 e. The Morgan fingerprint density at radius 2 is 1.92 bits per heavy atom. The molecule has 3 rings (SSSR count). The summed E-state index contributed by atoms with van der Waals surface area (Å²) < 4.78 is 0.954. The van der Waals surface area contributed by atoms with Gasteiger partial charge in [-0.2, -0.15) is 0 Å². The molecule has 24 heavy (non-hydrogen) atoms. The van der Waals surface area contributed by atoms with Crippen LogP contribution in [0, 0.1) is 0 Å². The number of rotatable bonds is 5. The van der Waals surface area contributed by atoms with Crippen molar-refractivity contribution in [3.8, 4) is 0 Å². The Morgan fingerprint density at radius 3 is 2.75 bits per heavy atom. The zero-order chi connectivity index (χ0) is 16.9. The van der Waals surface area contributed by atoms with E-state index in [2.05, 4.69) is 31.5 Å². The lowest BCUT2D eigenvalue weighted by atomic mass is 10.2. The molecule has 0 saturated heterocycles. The van der Waals surface area contributed by atoms with Gasteiger partial charge in [-0.3, -0.25) is 9.78 Å². The second-order valence-corrected chi connectivity index (χ2v) is 6.42. The van der Waals surface area contributed by atoms with Gasteiger partial charge in [0.2, 0.25) is 0 Å². The van der Waals surface area contributed by atoms with Gasteiger partial charge in [0.25, 0.3) is 5.91 Å². The monoisotopic (exact) mass is 403 g/mol. The number of carbonyl (C=O) groups excluding carboxylic acids is 1. The third-order valence-corrected chi connectivity index (χ3v) is 4.54. The number of nitrogens with one attached hydrogen (secondary N) is 2. The van der Waals surface area contributed by atoms with Crippen LogP contribution in [0.25, 0.3) is 10.9 Å². The Morgan fingerprint density at radius 1 is 1.08 bits per heavy atom. The summed E-state index contributed by atoms with van der Waals surface area (Å²) in [5.74, 6) is -0.176. The summed E-state index contributed by atoms with van der Waals surface area (Å²) in [7, 11) is 0. The van der Waals surface area contributed by atoms with Crippen LogP contribution >= 0.6 is 27.5 Å². The third-order valence-electron chi connectivity index (χ3n) is 3.57. The van der Waals surface area contributed by atoms with Crippen LogP contribution < -0.4 is 10.6 Å². The lowest BCUT2D eigenvalue weighted by molar-refractivity contribution is 0.0955. The van der Waals surface area contributed by atoms with Crippen molar-refractivity contribution < 1.29 is 4.79 Å². The number of para-hydroxylation sites is 1. The average Bonchev–Trinajstić information content (AvgIpc) is 2.59. The fourth-order valence-electron chi connectivity index (χ4n) is 2.41. The highest BCUT2D eigenvalue weighted by Crippen LogP contribution is 2.27. The zero-order valence-corrected chi connectivity index (χ0v) is 15.1. The van der Waals surface area contributed by atoms with Crippen LogP contribution in [-0.4, -0.2) is 24.0 Å². The van der Waals surface area contributed by atoms with Crippen molar-refractivity contribution in [1.82, 2.24) is 10.3 Å². The molecule has 0 unspecified atom stereocenters. The van der Waals surface area contributed by atoms with E-state index in [9.17, 15) is 4.79 Å². The summed E-state index contributed by atoms with van der Waals surface area (Å²) in [6.45, 7) is 1.09. The SMILES string of the molecule is O=C(NCCNc1ccnc2c(Br)cccc12)c1ccccc1Cl. The molecule has 0 spiro atoms. The molecule has 2 N–H and O–H groups in total. The first-order chi connectivity index (χ1) is 11.7. The molecule has 0 bridgehead atoms. The number of benzene rings is 2. The van der Waals surface area contributed by atoms with Crippen LogP contribution in [0.2, 0.25) is 5.02 Å². The molecular formula is C18H15BrClN3O. The molecule has 0 aliphatic rings. The lowest BCUT2D eigenvalue weighted by Gasteiger charge is -2.11. The Hall–Kier alpha value is -2.11. The molecule has 0 fully saturated rings. The van der Waals surface area contributed by atoms with E-state index in [-0.39, 0.29) is 5.91 Å². The number of nitrogens with zero attached hydrogens (tertiary/aromatic N) is 1. The summed E-state index contributed by atoms with van der Waals surface area (Å²) >= 11 is 9.52. The molecule has 1 amide bonds. The van der Waals surface area contributed by atoms with Crippen molar-refractivity contribution in [3.05, 3.63) is 69.8 Å². The average molecular weight is 405 g/mol. The molecule has 6 heteroatoms. The van der Waals surface area contributed by atoms with Crippen LogP contribution in [-0.2, 0) is 0 Å². The number of halogens is 2. The highest BCUT2D eigenvalue weighted by atomic mass is 79.9. The van der Waals surface area contributed by atoms with Crippen molar-refractivity contribution in [3.63, 3.8) is 0 Å². The van der Waals surface area contributed by atoms with Gasteiger partial charge in [0.05, 0.1) is 16.1 Å². The van der Waals surface area contributed by atoms with Gasteiger partial charge in [-0.1, -0.05) is 35.9 Å². The first kappa shape index (κ1) is 16.7. The summed E-state index contributed by atoms with van der Waals surface area (Å²) in [6.07, 6.45) is 1.76. The standard InChI is InChI=1S/C18H15BrClN3O/c19-14-6-3-5-13-16(8-9-22-17(13)14)21-10-11-23-18(24)12-4-1-2-7-15(12)20/h1-9H,10-11H2,(H,21,22)(H,23,24). The van der Waals surface area contributed by atoms with E-state index in [1.807, 2.05) is 24.3 Å². The third kappa shape index (κ3) is 3.68. The van der Waals surface area contributed by atoms with Gasteiger partial charge in [0, 0.05) is 34.8 Å². The maximum absolute atomic E-state index is 12.1. The molecular weight excluding hydrogens is 390 g/mol. The van der Waals surface area contributed by atoms with Gasteiger partial charge in [-0.05, 0) is 40.2 Å². The predicted octanol–water partition coefficient (Wildman–Crippen LogP) is 4.49. The zero-order valence-electron chi connectivity index (χ0n) is 12.7. The molecule has 4 nitrogen and oxygen atoms in total. The second-order valence-electron chi connectivity index (χ2n) is 5.16. The van der Waals surface area contributed by atoms with E-state index in [1.54, 1.807) is 30.5 Å². The summed E-state index contributed by atoms with van der Waals surface area (Å²) in [4.78, 5) is 16.5. The molecule has 1 aromatic heterocycles. The minimum atomic E-state index is -0.176. The van der Waals surface area contributed by atoms with Crippen molar-refractivity contribution in [2.24, 2.45) is 0 Å². The number of anilines is 1. The Labute approximate surface area is 153 Å². The summed E-state index contributed by atoms with van der Waals surface area (Å²) in [6, 6.07) is 14.9. The largest absolute Gasteiger partial charge is 0.383 e. The van der Waals surface area contributed by atoms with Gasteiger partial charge < -0.3 is 10.6 Å². The molecule has 0 aliphatic heterocycles. The molecule has 0 aliphatic carbocycles. The fraction of sp³-hybridized carbons (Fsp3) is 0.111. The highest BCUT2D eigenvalue weighted by molar-refractivity contribution is 9.10. The number of fused-ring (bicyclic) bond motifs is 1. The molecule has 0 atom stereocenters. The van der Waals surface area contributed by atoms with E-state index in [1.165, 1.54) is 0 Å². The quantitative estimate of drug-likeness (QED) is 0.616. The number of amides is 1. The first-order valence-corrected chi connectivity index (χ1v) is 8.64. The number of hydrogen-bond donors (Lipinski definition) is 2. The Bertz CT molecular complexity index is 885. The number of aromatic nitrogens is 1. The molecule has 0 saturated carbocycles. The van der Waals surface area contributed by atoms with Gasteiger partial charge >= 0.3 is 0 Å². The maximum atomic E-state index is 12.1. The predicted molar refractivity (Wildman–Crippen MR) is 102 cm³/mol. The Kier molecular flexibility index (Phi) is 5.33. The maximum Gasteiger partial charge on any atom is 0.252 e. The Balaban J connectivity index is 1.61. The van der Waals surface area contributed by atoms with Gasteiger partial charge in [-0.25, -0.2) is 0 Å². The van der Waals surface area contributed by atoms with Crippen LogP contribution in [0.3, 0.4) is 0 Å². The second kappa shape index (κ2) is 7.64. The highest BCUT2D eigenvalue weighted by Gasteiger charge is 2.08. The molecule has 122 valence electrons. The molecule has 2 aromatic carbocycles. The van der Waals surface area contributed by atoms with Crippen LogP contribution in [0.5, 0.6) is 0 Å². The van der Waals surface area contributed by atoms with Crippen LogP contribution in [0.4, 0.5) is 5.69 Å². The molecule has 0 radical (unpaired) electrons. The summed E-state index contributed by atoms with van der Waals surface area (Å²) in [5, 5.41) is 7.67. The minimum Gasteiger partial charge on any atom is -0.383 e. The number of hydrogen-bond acceptors (Lipinski definition) is 3. The van der Waals surface area contributed by atoms with E-state index < -0.39 is 0 Å². The van der Waals surface area contributed by atoms with Crippen molar-refractivity contribution >= 4 is 50.0 Å². The van der Waals surface area contributed by atoms with Gasteiger partial charge in [-0.15, -0.1) is 0 Å². The van der Waals surface area contributed by atoms with Gasteiger partial charge in [0.15, 0.2) is 0 Å². The molecule has 1 heterocycles. The van der Waals surface area contributed by atoms with E-state index in [4.69, 9.17) is 11.6 Å². The first-order valence-electron chi connectivity index (χ1n) is 7.46. The van der Waals surface area contributed by atoms with Crippen molar-refractivity contribution in [1.29, 1.82) is 0 Å². The van der Waals surface area contributed by atoms with Crippen LogP contribution in [0.15, 0.2) is 59.2 Å². The number of carbonyl (C=O) groups is 1. The van der Waals surface area contributed by atoms with E-state index >= 15 is 0 Å². The van der Waals surface area contributed by atoms with Crippen LogP contribution in [0.1, 0.15) is 10.4 Å². The molecule has 3 aromatic rings. The van der Waals surface area contributed by atoms with Crippen molar-refractivity contribution in [2.45, 2.75) is 0 Å². The topological polar surface area (TPSA) is 54.0 Å². The van der Waals surface area contributed by atoms with Gasteiger partial charge in [0.1, 0.15) is 0 Å². The van der Waals surface area contributed by atoms with E-state index in [0.29, 0.717) is 23.7 Å². The van der Waals surface area contributed by atoms with E-state index in [0.717, 1.165) is 21.1 Å².